The largest absolute Gasteiger partial charge is 0.342 e. The number of anilines is 1. The summed E-state index contributed by atoms with van der Waals surface area (Å²) in [5, 5.41) is 14.0. The standard InChI is InChI=1S/C10H16N4S/c1-7-12-13-10(15-7)14-4-2-3-8-5-11-6-9(8)14/h8-9,11H,2-6H2,1H3. The zero-order chi connectivity index (χ0) is 10.3. The van der Waals surface area contributed by atoms with Crippen LogP contribution in [0.2, 0.25) is 0 Å². The third kappa shape index (κ3) is 1.63. The van der Waals surface area contributed by atoms with Gasteiger partial charge in [0.1, 0.15) is 5.01 Å². The van der Waals surface area contributed by atoms with Crippen LogP contribution in [0.3, 0.4) is 0 Å². The fourth-order valence-electron chi connectivity index (χ4n) is 2.71. The molecule has 1 aromatic heterocycles. The molecule has 2 saturated heterocycles. The first-order valence-corrected chi connectivity index (χ1v) is 6.44. The molecule has 0 aromatic carbocycles. The second-order valence-corrected chi connectivity index (χ2v) is 5.59. The number of hydrogen-bond donors (Lipinski definition) is 1. The topological polar surface area (TPSA) is 41.1 Å². The Bertz CT molecular complexity index is 351. The van der Waals surface area contributed by atoms with Gasteiger partial charge in [0.25, 0.3) is 0 Å². The molecule has 4 nitrogen and oxygen atoms in total. The van der Waals surface area contributed by atoms with Gasteiger partial charge < -0.3 is 10.2 Å². The van der Waals surface area contributed by atoms with Gasteiger partial charge in [0, 0.05) is 25.7 Å². The van der Waals surface area contributed by atoms with Crippen LogP contribution in [0.1, 0.15) is 17.8 Å². The van der Waals surface area contributed by atoms with E-state index in [0.717, 1.165) is 29.1 Å². The van der Waals surface area contributed by atoms with E-state index in [9.17, 15) is 0 Å². The fraction of sp³-hybridized carbons (Fsp3) is 0.800. The van der Waals surface area contributed by atoms with Crippen LogP contribution in [0.15, 0.2) is 0 Å². The van der Waals surface area contributed by atoms with E-state index >= 15 is 0 Å². The number of fused-ring (bicyclic) bond motifs is 1. The maximum Gasteiger partial charge on any atom is 0.208 e. The summed E-state index contributed by atoms with van der Waals surface area (Å²) in [6, 6.07) is 0.658. The van der Waals surface area contributed by atoms with Gasteiger partial charge in [-0.15, -0.1) is 10.2 Å². The van der Waals surface area contributed by atoms with Gasteiger partial charge in [0.05, 0.1) is 0 Å². The van der Waals surface area contributed by atoms with Crippen molar-refractivity contribution in [3.63, 3.8) is 0 Å². The molecule has 5 heteroatoms. The third-order valence-electron chi connectivity index (χ3n) is 3.44. The van der Waals surface area contributed by atoms with Crippen molar-refractivity contribution in [2.75, 3.05) is 24.5 Å². The van der Waals surface area contributed by atoms with E-state index in [4.69, 9.17) is 0 Å². The molecule has 0 radical (unpaired) electrons. The monoisotopic (exact) mass is 224 g/mol. The molecule has 2 unspecified atom stereocenters. The second kappa shape index (κ2) is 3.72. The normalized spacial score (nSPS) is 30.6. The minimum absolute atomic E-state index is 0.658. The van der Waals surface area contributed by atoms with E-state index in [1.807, 2.05) is 6.92 Å². The lowest BCUT2D eigenvalue weighted by atomic mass is 9.92. The average Bonchev–Trinajstić information content (AvgIpc) is 2.84. The number of piperidine rings is 1. The molecule has 0 spiro atoms. The summed E-state index contributed by atoms with van der Waals surface area (Å²) in [4.78, 5) is 2.46. The lowest BCUT2D eigenvalue weighted by Crippen LogP contribution is -2.45. The van der Waals surface area contributed by atoms with E-state index in [2.05, 4.69) is 20.4 Å². The van der Waals surface area contributed by atoms with Crippen molar-refractivity contribution in [2.45, 2.75) is 25.8 Å². The van der Waals surface area contributed by atoms with Gasteiger partial charge in [0.2, 0.25) is 5.13 Å². The van der Waals surface area contributed by atoms with Gasteiger partial charge in [0.15, 0.2) is 0 Å². The van der Waals surface area contributed by atoms with Crippen LogP contribution in [0.25, 0.3) is 0 Å². The molecule has 0 saturated carbocycles. The average molecular weight is 224 g/mol. The van der Waals surface area contributed by atoms with E-state index in [0.29, 0.717) is 6.04 Å². The minimum Gasteiger partial charge on any atom is -0.342 e. The van der Waals surface area contributed by atoms with E-state index in [-0.39, 0.29) is 0 Å². The number of rotatable bonds is 1. The second-order valence-electron chi connectivity index (χ2n) is 4.42. The Morgan fingerprint density at radius 1 is 1.40 bits per heavy atom. The van der Waals surface area contributed by atoms with Crippen LogP contribution in [0, 0.1) is 12.8 Å². The number of hydrogen-bond acceptors (Lipinski definition) is 5. The Labute approximate surface area is 93.7 Å². The first-order chi connectivity index (χ1) is 7.34. The highest BCUT2D eigenvalue weighted by Gasteiger charge is 2.36. The van der Waals surface area contributed by atoms with E-state index in [1.165, 1.54) is 19.4 Å². The Morgan fingerprint density at radius 2 is 2.33 bits per heavy atom. The number of nitrogens with zero attached hydrogens (tertiary/aromatic N) is 3. The van der Waals surface area contributed by atoms with Gasteiger partial charge in [-0.05, 0) is 25.7 Å². The fourth-order valence-corrected chi connectivity index (χ4v) is 3.48. The molecule has 82 valence electrons. The summed E-state index contributed by atoms with van der Waals surface area (Å²) >= 11 is 1.72. The van der Waals surface area contributed by atoms with Crippen LogP contribution >= 0.6 is 11.3 Å². The molecule has 15 heavy (non-hydrogen) atoms. The quantitative estimate of drug-likeness (QED) is 0.773. The molecule has 2 atom stereocenters. The summed E-state index contributed by atoms with van der Waals surface area (Å²) in [7, 11) is 0. The zero-order valence-corrected chi connectivity index (χ0v) is 9.76. The van der Waals surface area contributed by atoms with E-state index < -0.39 is 0 Å². The number of aromatic nitrogens is 2. The number of nitrogens with one attached hydrogen (secondary N) is 1. The molecular formula is C10H16N4S. The molecule has 0 bridgehead atoms. The molecule has 2 aliphatic heterocycles. The van der Waals surface area contributed by atoms with Crippen molar-refractivity contribution in [3.05, 3.63) is 5.01 Å². The first kappa shape index (κ1) is 9.54. The summed E-state index contributed by atoms with van der Waals surface area (Å²) in [5.41, 5.74) is 0. The Hall–Kier alpha value is -0.680. The Balaban J connectivity index is 1.85. The van der Waals surface area contributed by atoms with Crippen molar-refractivity contribution < 1.29 is 0 Å². The predicted molar refractivity (Wildman–Crippen MR) is 61.4 cm³/mol. The maximum absolute atomic E-state index is 4.27. The van der Waals surface area contributed by atoms with Crippen molar-refractivity contribution in [1.29, 1.82) is 0 Å². The molecule has 3 heterocycles. The lowest BCUT2D eigenvalue weighted by molar-refractivity contribution is 0.384. The lowest BCUT2D eigenvalue weighted by Gasteiger charge is -2.36. The summed E-state index contributed by atoms with van der Waals surface area (Å²) < 4.78 is 0. The molecule has 1 aromatic rings. The molecular weight excluding hydrogens is 208 g/mol. The van der Waals surface area contributed by atoms with Gasteiger partial charge in [-0.25, -0.2) is 0 Å². The van der Waals surface area contributed by atoms with Crippen molar-refractivity contribution in [2.24, 2.45) is 5.92 Å². The molecule has 3 rings (SSSR count). The van der Waals surface area contributed by atoms with Gasteiger partial charge >= 0.3 is 0 Å². The third-order valence-corrected chi connectivity index (χ3v) is 4.32. The maximum atomic E-state index is 4.27. The van der Waals surface area contributed by atoms with Crippen LogP contribution in [0.5, 0.6) is 0 Å². The first-order valence-electron chi connectivity index (χ1n) is 5.62. The Morgan fingerprint density at radius 3 is 3.13 bits per heavy atom. The zero-order valence-electron chi connectivity index (χ0n) is 8.94. The van der Waals surface area contributed by atoms with Crippen molar-refractivity contribution >= 4 is 16.5 Å². The van der Waals surface area contributed by atoms with Crippen LogP contribution in [-0.2, 0) is 0 Å². The van der Waals surface area contributed by atoms with Crippen LogP contribution in [-0.4, -0.2) is 35.9 Å². The van der Waals surface area contributed by atoms with Crippen molar-refractivity contribution in [1.82, 2.24) is 15.5 Å². The minimum atomic E-state index is 0.658. The highest BCUT2D eigenvalue weighted by atomic mass is 32.1. The highest BCUT2D eigenvalue weighted by Crippen LogP contribution is 2.32. The summed E-state index contributed by atoms with van der Waals surface area (Å²) in [6.45, 7) is 5.47. The highest BCUT2D eigenvalue weighted by molar-refractivity contribution is 7.15. The van der Waals surface area contributed by atoms with Crippen molar-refractivity contribution in [3.8, 4) is 0 Å². The SMILES string of the molecule is Cc1nnc(N2CCCC3CNCC32)s1. The summed E-state index contributed by atoms with van der Waals surface area (Å²) in [6.07, 6.45) is 2.66. The molecule has 2 aliphatic rings. The molecule has 2 fully saturated rings. The van der Waals surface area contributed by atoms with Gasteiger partial charge in [-0.1, -0.05) is 11.3 Å². The van der Waals surface area contributed by atoms with Crippen LogP contribution in [0.4, 0.5) is 5.13 Å². The predicted octanol–water partition coefficient (Wildman–Crippen LogP) is 1.03. The van der Waals surface area contributed by atoms with E-state index in [1.54, 1.807) is 11.3 Å². The van der Waals surface area contributed by atoms with Gasteiger partial charge in [-0.3, -0.25) is 0 Å². The molecule has 1 N–H and O–H groups in total. The van der Waals surface area contributed by atoms with Gasteiger partial charge in [-0.2, -0.15) is 0 Å². The Kier molecular flexibility index (Phi) is 2.36. The number of aryl methyl sites for hydroxylation is 1. The smallest absolute Gasteiger partial charge is 0.208 e. The molecule has 0 aliphatic carbocycles. The molecule has 0 amide bonds. The summed E-state index contributed by atoms with van der Waals surface area (Å²) in [5.74, 6) is 0.822. The van der Waals surface area contributed by atoms with Crippen LogP contribution < -0.4 is 10.2 Å².